The predicted molar refractivity (Wildman–Crippen MR) is 236 cm³/mol. The molecule has 0 N–H and O–H groups in total. The summed E-state index contributed by atoms with van der Waals surface area (Å²) in [4.78, 5) is 15.6. The van der Waals surface area contributed by atoms with Gasteiger partial charge in [-0.2, -0.15) is 0 Å². The zero-order chi connectivity index (χ0) is 37.5. The Hall–Kier alpha value is -7.41. The molecule has 6 heteroatoms. The summed E-state index contributed by atoms with van der Waals surface area (Å²) in [6.07, 6.45) is 0. The number of thiophene rings is 1. The van der Waals surface area contributed by atoms with Crippen molar-refractivity contribution < 1.29 is 4.42 Å². The molecule has 12 aromatic rings. The number of nitrogens with zero attached hydrogens (tertiary/aromatic N) is 4. The van der Waals surface area contributed by atoms with Crippen LogP contribution in [0.4, 0.5) is 0 Å². The quantitative estimate of drug-likeness (QED) is 0.176. The van der Waals surface area contributed by atoms with Crippen molar-refractivity contribution in [2.45, 2.75) is 0 Å². The average molecular weight is 747 g/mol. The summed E-state index contributed by atoms with van der Waals surface area (Å²) < 4.78 is 10.9. The molecule has 0 aliphatic heterocycles. The van der Waals surface area contributed by atoms with Crippen molar-refractivity contribution in [1.29, 1.82) is 0 Å². The number of rotatable bonds is 5. The van der Waals surface area contributed by atoms with Crippen molar-refractivity contribution in [2.24, 2.45) is 0 Å². The highest BCUT2D eigenvalue weighted by Crippen LogP contribution is 2.41. The van der Waals surface area contributed by atoms with Gasteiger partial charge in [-0.25, -0.2) is 15.0 Å². The van der Waals surface area contributed by atoms with Crippen LogP contribution in [-0.4, -0.2) is 19.5 Å². The topological polar surface area (TPSA) is 56.7 Å². The lowest BCUT2D eigenvalue weighted by Crippen LogP contribution is -2.01. The maximum Gasteiger partial charge on any atom is 0.165 e. The van der Waals surface area contributed by atoms with Crippen LogP contribution in [-0.2, 0) is 0 Å². The molecule has 0 bridgehead atoms. The number of benzene rings is 8. The van der Waals surface area contributed by atoms with Gasteiger partial charge in [0.25, 0.3) is 0 Å². The fraction of sp³-hybridized carbons (Fsp3) is 0. The molecule has 266 valence electrons. The van der Waals surface area contributed by atoms with E-state index >= 15 is 0 Å². The highest BCUT2D eigenvalue weighted by molar-refractivity contribution is 7.26. The first-order chi connectivity index (χ1) is 28.2. The monoisotopic (exact) mass is 746 g/mol. The lowest BCUT2D eigenvalue weighted by atomic mass is 10.0. The van der Waals surface area contributed by atoms with Crippen LogP contribution in [0.1, 0.15) is 0 Å². The molecular formula is C51H30N4OS. The summed E-state index contributed by atoms with van der Waals surface area (Å²) in [5.41, 5.74) is 10.3. The molecule has 4 aromatic heterocycles. The van der Waals surface area contributed by atoms with Crippen LogP contribution in [0.25, 0.3) is 115 Å². The van der Waals surface area contributed by atoms with Crippen LogP contribution in [0.15, 0.2) is 186 Å². The Kier molecular flexibility index (Phi) is 7.03. The van der Waals surface area contributed by atoms with Crippen molar-refractivity contribution >= 4 is 75.3 Å². The van der Waals surface area contributed by atoms with E-state index in [1.54, 1.807) is 11.3 Å². The molecule has 0 saturated carbocycles. The molecule has 57 heavy (non-hydrogen) atoms. The van der Waals surface area contributed by atoms with Crippen molar-refractivity contribution in [3.8, 4) is 51.0 Å². The van der Waals surface area contributed by atoms with E-state index in [1.165, 1.54) is 37.4 Å². The smallest absolute Gasteiger partial charge is 0.165 e. The van der Waals surface area contributed by atoms with Gasteiger partial charge >= 0.3 is 0 Å². The van der Waals surface area contributed by atoms with Crippen LogP contribution in [0, 0.1) is 0 Å². The first kappa shape index (κ1) is 31.9. The van der Waals surface area contributed by atoms with E-state index in [0.717, 1.165) is 60.0 Å². The van der Waals surface area contributed by atoms with Crippen molar-refractivity contribution in [3.63, 3.8) is 0 Å². The molecule has 12 rings (SSSR count). The number of para-hydroxylation sites is 2. The van der Waals surface area contributed by atoms with Gasteiger partial charge in [-0.15, -0.1) is 11.3 Å². The van der Waals surface area contributed by atoms with Crippen LogP contribution < -0.4 is 0 Å². The summed E-state index contributed by atoms with van der Waals surface area (Å²) in [5, 5.41) is 6.98. The Bertz CT molecular complexity index is 3520. The molecule has 0 fully saturated rings. The summed E-state index contributed by atoms with van der Waals surface area (Å²) in [6.45, 7) is 0. The first-order valence-corrected chi connectivity index (χ1v) is 19.8. The number of hydrogen-bond acceptors (Lipinski definition) is 5. The fourth-order valence-corrected chi connectivity index (χ4v) is 9.57. The van der Waals surface area contributed by atoms with Crippen molar-refractivity contribution in [1.82, 2.24) is 19.5 Å². The highest BCUT2D eigenvalue weighted by atomic mass is 32.1. The van der Waals surface area contributed by atoms with Gasteiger partial charge in [0.1, 0.15) is 11.2 Å². The summed E-state index contributed by atoms with van der Waals surface area (Å²) in [5.74, 6) is 1.87. The molecule has 0 aliphatic rings. The van der Waals surface area contributed by atoms with E-state index in [2.05, 4.69) is 156 Å². The largest absolute Gasteiger partial charge is 0.456 e. The Labute approximate surface area is 330 Å². The minimum Gasteiger partial charge on any atom is -0.456 e. The summed E-state index contributed by atoms with van der Waals surface area (Å²) in [6, 6.07) is 63.9. The zero-order valence-electron chi connectivity index (χ0n) is 30.4. The summed E-state index contributed by atoms with van der Waals surface area (Å²) in [7, 11) is 0. The molecular weight excluding hydrogens is 717 g/mol. The van der Waals surface area contributed by atoms with Gasteiger partial charge in [0.05, 0.1) is 11.0 Å². The van der Waals surface area contributed by atoms with Gasteiger partial charge in [0, 0.05) is 64.1 Å². The van der Waals surface area contributed by atoms with E-state index < -0.39 is 0 Å². The molecule has 8 aromatic carbocycles. The predicted octanol–water partition coefficient (Wildman–Crippen LogP) is 13.9. The van der Waals surface area contributed by atoms with Crippen molar-refractivity contribution in [3.05, 3.63) is 182 Å². The maximum absolute atomic E-state index is 6.18. The van der Waals surface area contributed by atoms with Gasteiger partial charge in [0.2, 0.25) is 0 Å². The van der Waals surface area contributed by atoms with Gasteiger partial charge in [0.15, 0.2) is 17.5 Å². The standard InChI is InChI=1S/C51H30N4OS/c1-2-11-31(12-3-1)33-23-27-37-36-13-4-7-18-43(36)55(44(37)30-33)35-25-21-32(22-26-35)49-52-50(34-24-28-46-42(29-34)38-14-5-8-19-45(38)56-46)54-51(53-49)41-17-10-16-40-39-15-6-9-20-47(39)57-48(40)41/h1-30H. The zero-order valence-corrected chi connectivity index (χ0v) is 31.2. The third kappa shape index (κ3) is 5.12. The Morgan fingerprint density at radius 2 is 1.04 bits per heavy atom. The third-order valence-corrected chi connectivity index (χ3v) is 12.3. The highest BCUT2D eigenvalue weighted by Gasteiger charge is 2.19. The first-order valence-electron chi connectivity index (χ1n) is 19.0. The van der Waals surface area contributed by atoms with Crippen LogP contribution >= 0.6 is 11.3 Å². The van der Waals surface area contributed by atoms with Crippen LogP contribution in [0.3, 0.4) is 0 Å². The Morgan fingerprint density at radius 1 is 0.386 bits per heavy atom. The molecule has 0 amide bonds. The lowest BCUT2D eigenvalue weighted by molar-refractivity contribution is 0.669. The van der Waals surface area contributed by atoms with Crippen LogP contribution in [0.5, 0.6) is 0 Å². The molecule has 0 unspecified atom stereocenters. The molecule has 4 heterocycles. The average Bonchev–Trinajstić information content (AvgIpc) is 3.96. The molecule has 5 nitrogen and oxygen atoms in total. The van der Waals surface area contributed by atoms with E-state index in [4.69, 9.17) is 19.4 Å². The van der Waals surface area contributed by atoms with E-state index in [9.17, 15) is 0 Å². The minimum absolute atomic E-state index is 0.611. The second-order valence-electron chi connectivity index (χ2n) is 14.4. The third-order valence-electron chi connectivity index (χ3n) is 11.1. The second kappa shape index (κ2) is 12.6. The molecule has 0 radical (unpaired) electrons. The molecule has 0 atom stereocenters. The number of furan rings is 1. The van der Waals surface area contributed by atoms with Gasteiger partial charge < -0.3 is 8.98 Å². The molecule has 0 aliphatic carbocycles. The Balaban J connectivity index is 1.04. The van der Waals surface area contributed by atoms with Crippen LogP contribution in [0.2, 0.25) is 0 Å². The lowest BCUT2D eigenvalue weighted by Gasteiger charge is -2.11. The van der Waals surface area contributed by atoms with Gasteiger partial charge in [-0.1, -0.05) is 109 Å². The van der Waals surface area contributed by atoms with E-state index in [-0.39, 0.29) is 0 Å². The number of hydrogen-bond donors (Lipinski definition) is 0. The van der Waals surface area contributed by atoms with Gasteiger partial charge in [-0.05, 0) is 83.9 Å². The Morgan fingerprint density at radius 3 is 1.91 bits per heavy atom. The molecule has 0 saturated heterocycles. The normalized spacial score (nSPS) is 11.9. The molecule has 0 spiro atoms. The van der Waals surface area contributed by atoms with Gasteiger partial charge in [-0.3, -0.25) is 0 Å². The van der Waals surface area contributed by atoms with Crippen molar-refractivity contribution in [2.75, 3.05) is 0 Å². The number of fused-ring (bicyclic) bond motifs is 9. The maximum atomic E-state index is 6.18. The fourth-order valence-electron chi connectivity index (χ4n) is 8.36. The number of aromatic nitrogens is 4. The second-order valence-corrected chi connectivity index (χ2v) is 15.4. The summed E-state index contributed by atoms with van der Waals surface area (Å²) >= 11 is 1.78. The minimum atomic E-state index is 0.611. The SMILES string of the molecule is c1ccc(-c2ccc3c4ccccc4n(-c4ccc(-c5nc(-c6ccc7oc8ccccc8c7c6)nc(-c6cccc7c6sc6ccccc67)n5)cc4)c3c2)cc1. The van der Waals surface area contributed by atoms with E-state index in [0.29, 0.717) is 17.5 Å². The van der Waals surface area contributed by atoms with E-state index in [1.807, 2.05) is 30.3 Å².